The Labute approximate surface area is 170 Å². The Hall–Kier alpha value is -2.97. The summed E-state index contributed by atoms with van der Waals surface area (Å²) in [5, 5.41) is 2.58. The van der Waals surface area contributed by atoms with Gasteiger partial charge in [0.05, 0.1) is 12.2 Å². The number of benzene rings is 1. The van der Waals surface area contributed by atoms with E-state index in [-0.39, 0.29) is 35.4 Å². The third kappa shape index (κ3) is 4.38. The molecule has 0 radical (unpaired) electrons. The van der Waals surface area contributed by atoms with Gasteiger partial charge in [-0.3, -0.25) is 18.7 Å². The quantitative estimate of drug-likeness (QED) is 0.663. The second kappa shape index (κ2) is 8.59. The molecule has 1 aromatic carbocycles. The highest BCUT2D eigenvalue weighted by atomic mass is 35.5. The van der Waals surface area contributed by atoms with Crippen molar-refractivity contribution in [2.45, 2.75) is 13.5 Å². The van der Waals surface area contributed by atoms with Crippen LogP contribution in [0.5, 0.6) is 5.75 Å². The van der Waals surface area contributed by atoms with Crippen molar-refractivity contribution >= 4 is 17.5 Å². The van der Waals surface area contributed by atoms with Gasteiger partial charge in [-0.15, -0.1) is 0 Å². The molecular formula is C20H18ClF2N3O3. The van der Waals surface area contributed by atoms with Crippen LogP contribution >= 0.6 is 11.6 Å². The number of pyridine rings is 1. The molecule has 0 unspecified atom stereocenters. The molecule has 0 aliphatic carbocycles. The van der Waals surface area contributed by atoms with Gasteiger partial charge in [0.25, 0.3) is 5.56 Å². The van der Waals surface area contributed by atoms with Crippen molar-refractivity contribution in [1.82, 2.24) is 14.5 Å². The van der Waals surface area contributed by atoms with Gasteiger partial charge in [0.15, 0.2) is 0 Å². The number of hydrogen-bond donors (Lipinski definition) is 1. The largest absolute Gasteiger partial charge is 0.487 e. The summed E-state index contributed by atoms with van der Waals surface area (Å²) in [5.74, 6) is -1.54. The molecule has 0 saturated heterocycles. The maximum atomic E-state index is 13.8. The molecule has 2 aromatic heterocycles. The topological polar surface area (TPSA) is 65.3 Å². The number of ether oxygens (including phenoxy) is 1. The molecule has 152 valence electrons. The molecule has 0 aliphatic rings. The predicted molar refractivity (Wildman–Crippen MR) is 105 cm³/mol. The van der Waals surface area contributed by atoms with Gasteiger partial charge in [0.2, 0.25) is 5.91 Å². The number of halogens is 3. The monoisotopic (exact) mass is 421 g/mol. The number of aromatic nitrogens is 2. The van der Waals surface area contributed by atoms with Gasteiger partial charge in [-0.2, -0.15) is 0 Å². The minimum atomic E-state index is -0.751. The molecule has 0 spiro atoms. The molecule has 9 heteroatoms. The van der Waals surface area contributed by atoms with E-state index in [0.717, 1.165) is 12.1 Å². The van der Waals surface area contributed by atoms with Crippen molar-refractivity contribution in [2.75, 3.05) is 13.6 Å². The average molecular weight is 422 g/mol. The van der Waals surface area contributed by atoms with Crippen LogP contribution in [0.2, 0.25) is 5.02 Å². The van der Waals surface area contributed by atoms with E-state index >= 15 is 0 Å². The summed E-state index contributed by atoms with van der Waals surface area (Å²) < 4.78 is 35.0. The van der Waals surface area contributed by atoms with Crippen LogP contribution < -0.4 is 15.6 Å². The van der Waals surface area contributed by atoms with Gasteiger partial charge in [0, 0.05) is 35.8 Å². The Bertz CT molecular complexity index is 1120. The van der Waals surface area contributed by atoms with Crippen LogP contribution in [-0.4, -0.2) is 28.6 Å². The van der Waals surface area contributed by atoms with Crippen molar-refractivity contribution < 1.29 is 18.3 Å². The Morgan fingerprint density at radius 3 is 2.69 bits per heavy atom. The van der Waals surface area contributed by atoms with Crippen molar-refractivity contribution in [3.63, 3.8) is 0 Å². The van der Waals surface area contributed by atoms with E-state index < -0.39 is 17.2 Å². The number of carbonyl (C=O) groups excluding carboxylic acids is 1. The summed E-state index contributed by atoms with van der Waals surface area (Å²) in [4.78, 5) is 24.7. The molecular weight excluding hydrogens is 404 g/mol. The first-order valence-corrected chi connectivity index (χ1v) is 9.04. The molecule has 0 fully saturated rings. The molecule has 1 N–H and O–H groups in total. The summed E-state index contributed by atoms with van der Waals surface area (Å²) in [6.45, 7) is 1.61. The number of carbonyl (C=O) groups is 1. The molecule has 0 atom stereocenters. The van der Waals surface area contributed by atoms with Crippen LogP contribution in [0.1, 0.15) is 16.1 Å². The highest BCUT2D eigenvalue weighted by Gasteiger charge is 2.16. The molecule has 0 bridgehead atoms. The zero-order valence-electron chi connectivity index (χ0n) is 15.7. The zero-order valence-corrected chi connectivity index (χ0v) is 16.5. The molecule has 3 aromatic rings. The Kier molecular flexibility index (Phi) is 6.14. The fourth-order valence-electron chi connectivity index (χ4n) is 2.82. The molecule has 6 nitrogen and oxygen atoms in total. The number of likely N-dealkylation sites (N-methyl/N-ethyl adjacent to an activating group) is 1. The van der Waals surface area contributed by atoms with Gasteiger partial charge in [-0.05, 0) is 32.2 Å². The van der Waals surface area contributed by atoms with E-state index in [9.17, 15) is 18.4 Å². The number of rotatable bonds is 6. The van der Waals surface area contributed by atoms with Crippen LogP contribution in [0, 0.1) is 18.6 Å². The second-order valence-electron chi connectivity index (χ2n) is 6.33. The van der Waals surface area contributed by atoms with E-state index in [0.29, 0.717) is 11.4 Å². The lowest BCUT2D eigenvalue weighted by Crippen LogP contribution is -2.24. The molecule has 0 aliphatic heterocycles. The molecule has 29 heavy (non-hydrogen) atoms. The lowest BCUT2D eigenvalue weighted by atomic mass is 10.2. The van der Waals surface area contributed by atoms with Gasteiger partial charge in [-0.1, -0.05) is 11.6 Å². The lowest BCUT2D eigenvalue weighted by Gasteiger charge is -2.13. The first-order valence-electron chi connectivity index (χ1n) is 8.67. The fraction of sp³-hybridized carbons (Fsp3) is 0.200. The highest BCUT2D eigenvalue weighted by Crippen LogP contribution is 2.25. The number of aryl methyl sites for hydroxylation is 1. The lowest BCUT2D eigenvalue weighted by molar-refractivity contribution is 0.0915. The fourth-order valence-corrected chi connectivity index (χ4v) is 3.01. The summed E-state index contributed by atoms with van der Waals surface area (Å²) in [6.07, 6.45) is 3.08. The van der Waals surface area contributed by atoms with Crippen molar-refractivity contribution in [3.05, 3.63) is 81.0 Å². The Morgan fingerprint density at radius 2 is 2.00 bits per heavy atom. The van der Waals surface area contributed by atoms with Crippen LogP contribution in [0.15, 0.2) is 47.5 Å². The SMILES string of the molecule is CNCC(=O)n1ccc(-n2c(C)cc(OCc3ccc(F)cc3F)c(Cl)c2=O)c1. The van der Waals surface area contributed by atoms with E-state index in [1.807, 2.05) is 0 Å². The third-order valence-electron chi connectivity index (χ3n) is 4.25. The van der Waals surface area contributed by atoms with Crippen LogP contribution in [0.3, 0.4) is 0 Å². The maximum Gasteiger partial charge on any atom is 0.277 e. The summed E-state index contributed by atoms with van der Waals surface area (Å²) in [5.41, 5.74) is 0.562. The van der Waals surface area contributed by atoms with Gasteiger partial charge < -0.3 is 10.1 Å². The minimum Gasteiger partial charge on any atom is -0.487 e. The first kappa shape index (κ1) is 20.8. The van der Waals surface area contributed by atoms with Crippen LogP contribution in [0.25, 0.3) is 5.69 Å². The normalized spacial score (nSPS) is 10.9. The van der Waals surface area contributed by atoms with E-state index in [4.69, 9.17) is 16.3 Å². The number of nitrogens with one attached hydrogen (secondary N) is 1. The third-order valence-corrected chi connectivity index (χ3v) is 4.60. The second-order valence-corrected chi connectivity index (χ2v) is 6.71. The summed E-state index contributed by atoms with van der Waals surface area (Å²) >= 11 is 6.17. The Morgan fingerprint density at radius 1 is 1.24 bits per heavy atom. The molecule has 3 rings (SSSR count). The summed E-state index contributed by atoms with van der Waals surface area (Å²) in [7, 11) is 1.66. The predicted octanol–water partition coefficient (Wildman–Crippen LogP) is 3.32. The van der Waals surface area contributed by atoms with Crippen LogP contribution in [-0.2, 0) is 6.61 Å². The Balaban J connectivity index is 1.88. The average Bonchev–Trinajstić information content (AvgIpc) is 3.15. The number of hydrogen-bond acceptors (Lipinski definition) is 4. The molecule has 0 amide bonds. The number of nitrogens with zero attached hydrogens (tertiary/aromatic N) is 2. The first-order chi connectivity index (χ1) is 13.8. The van der Waals surface area contributed by atoms with Gasteiger partial charge >= 0.3 is 0 Å². The zero-order chi connectivity index (χ0) is 21.1. The standard InChI is InChI=1S/C20H18ClF2N3O3/c1-12-7-17(29-11-13-3-4-14(22)8-16(13)23)19(21)20(28)26(12)15-5-6-25(10-15)18(27)9-24-2/h3-8,10,24H,9,11H2,1-2H3. The highest BCUT2D eigenvalue weighted by molar-refractivity contribution is 6.31. The van der Waals surface area contributed by atoms with Crippen molar-refractivity contribution in [3.8, 4) is 11.4 Å². The van der Waals surface area contributed by atoms with E-state index in [1.165, 1.54) is 27.5 Å². The minimum absolute atomic E-state index is 0.0832. The van der Waals surface area contributed by atoms with E-state index in [2.05, 4.69) is 5.32 Å². The van der Waals surface area contributed by atoms with Gasteiger partial charge in [-0.25, -0.2) is 8.78 Å². The van der Waals surface area contributed by atoms with Crippen molar-refractivity contribution in [2.24, 2.45) is 0 Å². The maximum absolute atomic E-state index is 13.8. The smallest absolute Gasteiger partial charge is 0.277 e. The summed E-state index contributed by atoms with van der Waals surface area (Å²) in [6, 6.07) is 6.29. The van der Waals surface area contributed by atoms with Gasteiger partial charge in [0.1, 0.15) is 29.0 Å². The molecule has 2 heterocycles. The molecule has 0 saturated carbocycles. The van der Waals surface area contributed by atoms with E-state index in [1.54, 1.807) is 26.2 Å². The van der Waals surface area contributed by atoms with Crippen LogP contribution in [0.4, 0.5) is 8.78 Å². The van der Waals surface area contributed by atoms with Crippen molar-refractivity contribution in [1.29, 1.82) is 0 Å².